The molecule has 5 heteroatoms. The number of ether oxygens (including phenoxy) is 1. The Morgan fingerprint density at radius 3 is 2.68 bits per heavy atom. The number of hydrogen-bond donors (Lipinski definition) is 2. The Morgan fingerprint density at radius 1 is 1.42 bits per heavy atom. The second-order valence-electron chi connectivity index (χ2n) is 4.67. The van der Waals surface area contributed by atoms with Crippen LogP contribution in [0.3, 0.4) is 0 Å². The molecule has 1 aromatic carbocycles. The lowest BCUT2D eigenvalue weighted by molar-refractivity contribution is 0.113. The van der Waals surface area contributed by atoms with Crippen molar-refractivity contribution in [3.63, 3.8) is 0 Å². The van der Waals surface area contributed by atoms with Crippen molar-refractivity contribution in [3.05, 3.63) is 29.6 Å². The SMILES string of the molecule is COc1cccc(F)c1C(O)CCN(C)C(C)CO. The minimum Gasteiger partial charge on any atom is -0.496 e. The predicted molar refractivity (Wildman–Crippen MR) is 71.7 cm³/mol. The van der Waals surface area contributed by atoms with E-state index >= 15 is 0 Å². The monoisotopic (exact) mass is 271 g/mol. The van der Waals surface area contributed by atoms with Gasteiger partial charge in [-0.15, -0.1) is 0 Å². The Labute approximate surface area is 113 Å². The van der Waals surface area contributed by atoms with Gasteiger partial charge in [0.05, 0.1) is 25.4 Å². The lowest BCUT2D eigenvalue weighted by Crippen LogP contribution is -2.33. The number of hydrogen-bond acceptors (Lipinski definition) is 4. The number of rotatable bonds is 7. The molecule has 0 aliphatic heterocycles. The number of aliphatic hydroxyl groups excluding tert-OH is 2. The maximum absolute atomic E-state index is 13.7. The van der Waals surface area contributed by atoms with Crippen molar-refractivity contribution >= 4 is 0 Å². The van der Waals surface area contributed by atoms with E-state index in [-0.39, 0.29) is 18.2 Å². The van der Waals surface area contributed by atoms with Gasteiger partial charge in [0.15, 0.2) is 0 Å². The first kappa shape index (κ1) is 15.9. The van der Waals surface area contributed by atoms with E-state index < -0.39 is 11.9 Å². The standard InChI is InChI=1S/C14H22FNO3/c1-10(9-17)16(2)8-7-12(18)14-11(15)5-4-6-13(14)19-3/h4-6,10,12,17-18H,7-9H2,1-3H3. The molecule has 0 saturated carbocycles. The number of nitrogens with zero attached hydrogens (tertiary/aromatic N) is 1. The van der Waals surface area contributed by atoms with E-state index in [0.717, 1.165) is 0 Å². The molecule has 2 atom stereocenters. The Kier molecular flexibility index (Phi) is 6.21. The normalized spacial score (nSPS) is 14.5. The molecule has 0 bridgehead atoms. The third-order valence-corrected chi connectivity index (χ3v) is 3.34. The molecule has 1 rings (SSSR count). The fraction of sp³-hybridized carbons (Fsp3) is 0.571. The molecule has 0 saturated heterocycles. The highest BCUT2D eigenvalue weighted by atomic mass is 19.1. The molecule has 0 aromatic heterocycles. The molecule has 19 heavy (non-hydrogen) atoms. The molecule has 2 unspecified atom stereocenters. The maximum atomic E-state index is 13.7. The Morgan fingerprint density at radius 2 is 2.11 bits per heavy atom. The van der Waals surface area contributed by atoms with E-state index in [1.807, 2.05) is 18.9 Å². The summed E-state index contributed by atoms with van der Waals surface area (Å²) in [6, 6.07) is 4.49. The van der Waals surface area contributed by atoms with Crippen LogP contribution < -0.4 is 4.74 Å². The predicted octanol–water partition coefficient (Wildman–Crippen LogP) is 1.57. The van der Waals surface area contributed by atoms with Gasteiger partial charge in [0.1, 0.15) is 11.6 Å². The molecule has 108 valence electrons. The van der Waals surface area contributed by atoms with Crippen molar-refractivity contribution in [1.82, 2.24) is 4.90 Å². The summed E-state index contributed by atoms with van der Waals surface area (Å²) in [6.07, 6.45) is -0.553. The molecule has 0 amide bonds. The fourth-order valence-corrected chi connectivity index (χ4v) is 1.85. The zero-order valence-electron chi connectivity index (χ0n) is 11.6. The van der Waals surface area contributed by atoms with Gasteiger partial charge in [-0.3, -0.25) is 0 Å². The van der Waals surface area contributed by atoms with Crippen LogP contribution in [0.1, 0.15) is 25.0 Å². The third-order valence-electron chi connectivity index (χ3n) is 3.34. The van der Waals surface area contributed by atoms with Crippen LogP contribution in [0.4, 0.5) is 4.39 Å². The average molecular weight is 271 g/mol. The van der Waals surface area contributed by atoms with Gasteiger partial charge >= 0.3 is 0 Å². The molecular weight excluding hydrogens is 249 g/mol. The molecule has 0 heterocycles. The van der Waals surface area contributed by atoms with E-state index in [9.17, 15) is 9.50 Å². The summed E-state index contributed by atoms with van der Waals surface area (Å²) < 4.78 is 18.8. The number of methoxy groups -OCH3 is 1. The first-order valence-electron chi connectivity index (χ1n) is 6.32. The molecular formula is C14H22FNO3. The third kappa shape index (κ3) is 4.16. The summed E-state index contributed by atoms with van der Waals surface area (Å²) >= 11 is 0. The van der Waals surface area contributed by atoms with Crippen molar-refractivity contribution < 1.29 is 19.3 Å². The van der Waals surface area contributed by atoms with Crippen molar-refractivity contribution in [2.45, 2.75) is 25.5 Å². The van der Waals surface area contributed by atoms with Crippen LogP contribution >= 0.6 is 0 Å². The molecule has 0 radical (unpaired) electrons. The minimum atomic E-state index is -0.926. The highest BCUT2D eigenvalue weighted by Crippen LogP contribution is 2.29. The van der Waals surface area contributed by atoms with E-state index in [1.165, 1.54) is 13.2 Å². The average Bonchev–Trinajstić information content (AvgIpc) is 2.42. The Bertz CT molecular complexity index is 400. The van der Waals surface area contributed by atoms with Crippen LogP contribution in [0.15, 0.2) is 18.2 Å². The largest absolute Gasteiger partial charge is 0.496 e. The van der Waals surface area contributed by atoms with E-state index in [0.29, 0.717) is 18.7 Å². The molecule has 0 aliphatic carbocycles. The fourth-order valence-electron chi connectivity index (χ4n) is 1.85. The van der Waals surface area contributed by atoms with Gasteiger partial charge in [-0.25, -0.2) is 4.39 Å². The minimum absolute atomic E-state index is 0.00900. The van der Waals surface area contributed by atoms with Crippen molar-refractivity contribution in [1.29, 1.82) is 0 Å². The number of halogens is 1. The van der Waals surface area contributed by atoms with E-state index in [1.54, 1.807) is 12.1 Å². The van der Waals surface area contributed by atoms with Crippen LogP contribution in [0.2, 0.25) is 0 Å². The van der Waals surface area contributed by atoms with Crippen LogP contribution in [-0.2, 0) is 0 Å². The van der Waals surface area contributed by atoms with Crippen LogP contribution in [-0.4, -0.2) is 48.5 Å². The molecule has 0 spiro atoms. The molecule has 4 nitrogen and oxygen atoms in total. The molecule has 1 aromatic rings. The van der Waals surface area contributed by atoms with E-state index in [4.69, 9.17) is 9.84 Å². The zero-order chi connectivity index (χ0) is 14.4. The van der Waals surface area contributed by atoms with Gasteiger partial charge in [0.25, 0.3) is 0 Å². The smallest absolute Gasteiger partial charge is 0.132 e. The zero-order valence-corrected chi connectivity index (χ0v) is 11.6. The lowest BCUT2D eigenvalue weighted by atomic mass is 10.0. The highest BCUT2D eigenvalue weighted by molar-refractivity contribution is 5.36. The van der Waals surface area contributed by atoms with Crippen LogP contribution in [0, 0.1) is 5.82 Å². The summed E-state index contributed by atoms with van der Waals surface area (Å²) in [4.78, 5) is 1.91. The Balaban J connectivity index is 2.71. The van der Waals surface area contributed by atoms with Crippen LogP contribution in [0.25, 0.3) is 0 Å². The van der Waals surface area contributed by atoms with Gasteiger partial charge in [-0.05, 0) is 32.5 Å². The number of likely N-dealkylation sites (N-methyl/N-ethyl adjacent to an activating group) is 1. The second-order valence-corrected chi connectivity index (χ2v) is 4.67. The van der Waals surface area contributed by atoms with Gasteiger partial charge in [0.2, 0.25) is 0 Å². The number of benzene rings is 1. The quantitative estimate of drug-likeness (QED) is 0.790. The van der Waals surface area contributed by atoms with Gasteiger partial charge in [-0.1, -0.05) is 6.07 Å². The van der Waals surface area contributed by atoms with E-state index in [2.05, 4.69) is 0 Å². The van der Waals surface area contributed by atoms with Crippen molar-refractivity contribution in [3.8, 4) is 5.75 Å². The first-order chi connectivity index (χ1) is 9.01. The van der Waals surface area contributed by atoms with Gasteiger partial charge in [-0.2, -0.15) is 0 Å². The lowest BCUT2D eigenvalue weighted by Gasteiger charge is -2.24. The molecule has 0 fully saturated rings. The number of aliphatic hydroxyl groups is 2. The molecule has 0 aliphatic rings. The summed E-state index contributed by atoms with van der Waals surface area (Å²) in [5.41, 5.74) is 0.190. The van der Waals surface area contributed by atoms with Gasteiger partial charge in [0, 0.05) is 12.6 Å². The molecule has 2 N–H and O–H groups in total. The first-order valence-corrected chi connectivity index (χ1v) is 6.32. The highest BCUT2D eigenvalue weighted by Gasteiger charge is 2.19. The topological polar surface area (TPSA) is 52.9 Å². The maximum Gasteiger partial charge on any atom is 0.132 e. The Hall–Kier alpha value is -1.17. The second kappa shape index (κ2) is 7.43. The van der Waals surface area contributed by atoms with Crippen LogP contribution in [0.5, 0.6) is 5.75 Å². The van der Waals surface area contributed by atoms with Crippen molar-refractivity contribution in [2.75, 3.05) is 27.3 Å². The summed E-state index contributed by atoms with van der Waals surface area (Å²) in [7, 11) is 3.30. The summed E-state index contributed by atoms with van der Waals surface area (Å²) in [6.45, 7) is 2.49. The van der Waals surface area contributed by atoms with Crippen molar-refractivity contribution in [2.24, 2.45) is 0 Å². The van der Waals surface area contributed by atoms with Gasteiger partial charge < -0.3 is 19.8 Å². The summed E-state index contributed by atoms with van der Waals surface area (Å²) in [5, 5.41) is 19.1. The summed E-state index contributed by atoms with van der Waals surface area (Å²) in [5.74, 6) is -0.116.